The molecule has 0 saturated carbocycles. The minimum Gasteiger partial charge on any atom is -0.493 e. The van der Waals surface area contributed by atoms with Crippen LogP contribution in [0.4, 0.5) is 0 Å². The first-order valence-corrected chi connectivity index (χ1v) is 8.84. The van der Waals surface area contributed by atoms with Crippen molar-refractivity contribution < 1.29 is 24.5 Å². The van der Waals surface area contributed by atoms with Crippen molar-refractivity contribution in [2.75, 3.05) is 33.4 Å². The van der Waals surface area contributed by atoms with E-state index in [1.165, 1.54) is 0 Å². The zero-order valence-corrected chi connectivity index (χ0v) is 15.3. The molecule has 6 heteroatoms. The highest BCUT2D eigenvalue weighted by Crippen LogP contribution is 2.37. The Morgan fingerprint density at radius 2 is 2.16 bits per heavy atom. The number of β-amino-alcohol motifs (C(OH)–C–C–N with tert-alkyl or cyclic N) is 1. The molecular formula is C19H29NO5. The van der Waals surface area contributed by atoms with Gasteiger partial charge in [-0.05, 0) is 44.0 Å². The first-order valence-electron chi connectivity index (χ1n) is 8.84. The summed E-state index contributed by atoms with van der Waals surface area (Å²) in [5, 5.41) is 20.0. The van der Waals surface area contributed by atoms with E-state index < -0.39 is 17.5 Å². The van der Waals surface area contributed by atoms with Crippen molar-refractivity contribution in [3.8, 4) is 11.5 Å². The van der Waals surface area contributed by atoms with Gasteiger partial charge < -0.3 is 19.7 Å². The average molecular weight is 351 g/mol. The Kier molecular flexibility index (Phi) is 6.67. The number of aliphatic carboxylic acids is 1. The van der Waals surface area contributed by atoms with Crippen molar-refractivity contribution >= 4 is 5.97 Å². The van der Waals surface area contributed by atoms with E-state index >= 15 is 0 Å². The number of aliphatic hydroxyl groups excluding tert-OH is 1. The fourth-order valence-corrected chi connectivity index (χ4v) is 3.51. The number of piperidine rings is 1. The van der Waals surface area contributed by atoms with Crippen LogP contribution in [0, 0.1) is 12.3 Å². The van der Waals surface area contributed by atoms with Gasteiger partial charge in [0.2, 0.25) is 0 Å². The van der Waals surface area contributed by atoms with E-state index in [1.807, 2.05) is 32.0 Å². The van der Waals surface area contributed by atoms with Crippen LogP contribution in [0.1, 0.15) is 31.7 Å². The van der Waals surface area contributed by atoms with Crippen molar-refractivity contribution in [2.24, 2.45) is 5.41 Å². The highest BCUT2D eigenvalue weighted by Gasteiger charge is 2.47. The standard InChI is InChI=1S/C19H29NO5/c1-4-7-19(18(22)23)8-9-20(13-17(19)21)10-11-25-15-6-5-14(2)12-16(15)24-3/h5-6,12,17,21H,4,7-11,13H2,1-3H3,(H,22,23)/t17-,19-/m0/s1. The molecule has 6 nitrogen and oxygen atoms in total. The third kappa shape index (κ3) is 4.44. The van der Waals surface area contributed by atoms with Crippen LogP contribution in [0.25, 0.3) is 0 Å². The smallest absolute Gasteiger partial charge is 0.312 e. The molecule has 2 N–H and O–H groups in total. The molecule has 0 spiro atoms. The van der Waals surface area contributed by atoms with E-state index in [4.69, 9.17) is 9.47 Å². The van der Waals surface area contributed by atoms with Gasteiger partial charge in [-0.2, -0.15) is 0 Å². The number of rotatable bonds is 8. The van der Waals surface area contributed by atoms with E-state index in [0.29, 0.717) is 50.6 Å². The topological polar surface area (TPSA) is 79.2 Å². The maximum absolute atomic E-state index is 11.7. The van der Waals surface area contributed by atoms with Gasteiger partial charge in [-0.25, -0.2) is 0 Å². The van der Waals surface area contributed by atoms with Crippen molar-refractivity contribution in [1.82, 2.24) is 4.90 Å². The molecule has 0 radical (unpaired) electrons. The maximum Gasteiger partial charge on any atom is 0.312 e. The summed E-state index contributed by atoms with van der Waals surface area (Å²) in [6.45, 7) is 6.05. The fraction of sp³-hybridized carbons (Fsp3) is 0.632. The molecule has 1 saturated heterocycles. The molecule has 0 bridgehead atoms. The van der Waals surface area contributed by atoms with Crippen LogP contribution < -0.4 is 9.47 Å². The lowest BCUT2D eigenvalue weighted by atomic mass is 9.73. The molecule has 140 valence electrons. The molecule has 0 aromatic heterocycles. The third-order valence-corrected chi connectivity index (χ3v) is 5.05. The number of methoxy groups -OCH3 is 1. The molecule has 0 amide bonds. The molecule has 1 aliphatic rings. The lowest BCUT2D eigenvalue weighted by Gasteiger charge is -2.42. The molecular weight excluding hydrogens is 322 g/mol. The van der Waals surface area contributed by atoms with Crippen LogP contribution in [-0.2, 0) is 4.79 Å². The van der Waals surface area contributed by atoms with E-state index in [0.717, 1.165) is 12.0 Å². The monoisotopic (exact) mass is 351 g/mol. The average Bonchev–Trinajstić information content (AvgIpc) is 2.58. The summed E-state index contributed by atoms with van der Waals surface area (Å²) in [4.78, 5) is 13.7. The van der Waals surface area contributed by atoms with Crippen LogP contribution in [0.3, 0.4) is 0 Å². The summed E-state index contributed by atoms with van der Waals surface area (Å²) in [6, 6.07) is 5.77. The summed E-state index contributed by atoms with van der Waals surface area (Å²) in [5.41, 5.74) is 0.0935. The molecule has 1 aromatic rings. The Bertz CT molecular complexity index is 591. The SMILES string of the molecule is CCC[C@]1(C(=O)O)CCN(CCOc2ccc(C)cc2OC)C[C@@H]1O. The van der Waals surface area contributed by atoms with E-state index in [2.05, 4.69) is 4.90 Å². The Morgan fingerprint density at radius 1 is 1.40 bits per heavy atom. The number of carboxylic acid groups (broad SMARTS) is 1. The molecule has 2 rings (SSSR count). The first kappa shape index (κ1) is 19.5. The Balaban J connectivity index is 1.89. The number of nitrogens with zero attached hydrogens (tertiary/aromatic N) is 1. The van der Waals surface area contributed by atoms with Gasteiger partial charge in [0.05, 0.1) is 18.6 Å². The highest BCUT2D eigenvalue weighted by atomic mass is 16.5. The second-order valence-corrected chi connectivity index (χ2v) is 6.78. The maximum atomic E-state index is 11.7. The van der Waals surface area contributed by atoms with Gasteiger partial charge in [0.15, 0.2) is 11.5 Å². The lowest BCUT2D eigenvalue weighted by molar-refractivity contribution is -0.164. The lowest BCUT2D eigenvalue weighted by Crippen LogP contribution is -2.55. The number of likely N-dealkylation sites (tertiary alicyclic amines) is 1. The van der Waals surface area contributed by atoms with Gasteiger partial charge in [-0.3, -0.25) is 9.69 Å². The quantitative estimate of drug-likeness (QED) is 0.748. The molecule has 2 atom stereocenters. The summed E-state index contributed by atoms with van der Waals surface area (Å²) < 4.78 is 11.1. The molecule has 1 aliphatic heterocycles. The molecule has 0 aliphatic carbocycles. The van der Waals surface area contributed by atoms with Gasteiger partial charge >= 0.3 is 5.97 Å². The first-order chi connectivity index (χ1) is 11.9. The Morgan fingerprint density at radius 3 is 2.76 bits per heavy atom. The number of benzene rings is 1. The van der Waals surface area contributed by atoms with Crippen LogP contribution in [0.15, 0.2) is 18.2 Å². The summed E-state index contributed by atoms with van der Waals surface area (Å²) in [7, 11) is 1.61. The number of hydrogen-bond donors (Lipinski definition) is 2. The van der Waals surface area contributed by atoms with Crippen LogP contribution in [-0.4, -0.2) is 60.5 Å². The van der Waals surface area contributed by atoms with Gasteiger partial charge in [-0.15, -0.1) is 0 Å². The Hall–Kier alpha value is -1.79. The van der Waals surface area contributed by atoms with Gasteiger partial charge in [0.1, 0.15) is 6.61 Å². The molecule has 1 fully saturated rings. The van der Waals surface area contributed by atoms with Gasteiger partial charge in [0, 0.05) is 13.1 Å². The van der Waals surface area contributed by atoms with Crippen LogP contribution in [0.2, 0.25) is 0 Å². The predicted molar refractivity (Wildman–Crippen MR) is 95.3 cm³/mol. The van der Waals surface area contributed by atoms with Crippen LogP contribution >= 0.6 is 0 Å². The third-order valence-electron chi connectivity index (χ3n) is 5.05. The second-order valence-electron chi connectivity index (χ2n) is 6.78. The van der Waals surface area contributed by atoms with Crippen molar-refractivity contribution in [2.45, 2.75) is 39.2 Å². The number of aryl methyl sites for hydroxylation is 1. The summed E-state index contributed by atoms with van der Waals surface area (Å²) >= 11 is 0. The van der Waals surface area contributed by atoms with Gasteiger partial charge in [-0.1, -0.05) is 19.4 Å². The molecule has 1 aromatic carbocycles. The zero-order chi connectivity index (χ0) is 18.4. The molecule has 0 unspecified atom stereocenters. The predicted octanol–water partition coefficient (Wildman–Crippen LogP) is 2.32. The van der Waals surface area contributed by atoms with Gasteiger partial charge in [0.25, 0.3) is 0 Å². The Labute approximate surface area is 149 Å². The normalized spacial score (nSPS) is 24.1. The molecule has 25 heavy (non-hydrogen) atoms. The zero-order valence-electron chi connectivity index (χ0n) is 15.3. The van der Waals surface area contributed by atoms with Crippen LogP contribution in [0.5, 0.6) is 11.5 Å². The number of ether oxygens (including phenoxy) is 2. The number of carbonyl (C=O) groups is 1. The van der Waals surface area contributed by atoms with E-state index in [1.54, 1.807) is 7.11 Å². The number of aliphatic hydroxyl groups is 1. The minimum atomic E-state index is -1.01. The fourth-order valence-electron chi connectivity index (χ4n) is 3.51. The summed E-state index contributed by atoms with van der Waals surface area (Å²) in [6.07, 6.45) is 0.867. The number of carboxylic acids is 1. The highest BCUT2D eigenvalue weighted by molar-refractivity contribution is 5.75. The largest absolute Gasteiger partial charge is 0.493 e. The summed E-state index contributed by atoms with van der Waals surface area (Å²) in [5.74, 6) is 0.505. The van der Waals surface area contributed by atoms with Crippen molar-refractivity contribution in [3.63, 3.8) is 0 Å². The minimum absolute atomic E-state index is 0.362. The van der Waals surface area contributed by atoms with Crippen molar-refractivity contribution in [1.29, 1.82) is 0 Å². The number of hydrogen-bond acceptors (Lipinski definition) is 5. The second kappa shape index (κ2) is 8.54. The van der Waals surface area contributed by atoms with E-state index in [9.17, 15) is 15.0 Å². The molecule has 1 heterocycles. The van der Waals surface area contributed by atoms with E-state index in [-0.39, 0.29) is 0 Å². The van der Waals surface area contributed by atoms with Crippen molar-refractivity contribution in [3.05, 3.63) is 23.8 Å².